The largest absolute Gasteiger partial charge is 0.457 e. The van der Waals surface area contributed by atoms with Gasteiger partial charge in [-0.25, -0.2) is 4.79 Å². The van der Waals surface area contributed by atoms with Gasteiger partial charge in [0.1, 0.15) is 6.10 Å². The van der Waals surface area contributed by atoms with E-state index in [4.69, 9.17) is 9.47 Å². The lowest BCUT2D eigenvalue weighted by molar-refractivity contribution is -0.176. The first-order chi connectivity index (χ1) is 11.9. The molecule has 26 heavy (non-hydrogen) atoms. The Morgan fingerprint density at radius 3 is 2.38 bits per heavy atom. The number of carbonyl (C=O) groups is 3. The van der Waals surface area contributed by atoms with Gasteiger partial charge >= 0.3 is 5.97 Å². The van der Waals surface area contributed by atoms with Crippen LogP contribution in [0.3, 0.4) is 0 Å². The normalized spacial score (nSPS) is 40.8. The fourth-order valence-electron chi connectivity index (χ4n) is 3.30. The molecule has 0 amide bonds. The highest BCUT2D eigenvalue weighted by molar-refractivity contribution is 5.94. The molecule has 1 saturated heterocycles. The summed E-state index contributed by atoms with van der Waals surface area (Å²) in [7, 11) is 0. The third kappa shape index (κ3) is 4.07. The second-order valence-electron chi connectivity index (χ2n) is 8.31. The van der Waals surface area contributed by atoms with Gasteiger partial charge in [-0.2, -0.15) is 0 Å². The first-order valence-corrected chi connectivity index (χ1v) is 9.25. The summed E-state index contributed by atoms with van der Waals surface area (Å²) in [6.07, 6.45) is 0.777. The maximum Gasteiger partial charge on any atom is 0.341 e. The molecule has 2 rings (SSSR count). The lowest BCUT2D eigenvalue weighted by Crippen LogP contribution is -2.52. The summed E-state index contributed by atoms with van der Waals surface area (Å²) in [5.74, 6) is -1.54. The Hall–Kier alpha value is -1.53. The summed E-state index contributed by atoms with van der Waals surface area (Å²) in [5.41, 5.74) is -2.09. The number of aliphatic hydroxyl groups is 1. The van der Waals surface area contributed by atoms with Crippen molar-refractivity contribution in [3.63, 3.8) is 0 Å². The summed E-state index contributed by atoms with van der Waals surface area (Å²) in [5, 5.41) is 10.9. The molecular formula is C20H30O6. The van der Waals surface area contributed by atoms with Gasteiger partial charge in [-0.1, -0.05) is 19.4 Å². The molecule has 0 aromatic heterocycles. The number of hydrogen-bond donors (Lipinski definition) is 1. The molecule has 1 fully saturated rings. The molecule has 0 spiro atoms. The number of rotatable bonds is 3. The van der Waals surface area contributed by atoms with Gasteiger partial charge < -0.3 is 14.6 Å². The highest BCUT2D eigenvalue weighted by Gasteiger charge is 2.58. The van der Waals surface area contributed by atoms with Gasteiger partial charge in [-0.05, 0) is 52.5 Å². The molecule has 0 saturated carbocycles. The van der Waals surface area contributed by atoms with Crippen molar-refractivity contribution in [2.75, 3.05) is 0 Å². The third-order valence-electron chi connectivity index (χ3n) is 5.76. The van der Waals surface area contributed by atoms with Gasteiger partial charge in [0.2, 0.25) is 0 Å². The molecule has 1 aliphatic carbocycles. The molecule has 1 heterocycles. The molecule has 6 heteroatoms. The molecule has 5 atom stereocenters. The minimum atomic E-state index is -1.85. The number of carbonyl (C=O) groups excluding carboxylic acids is 3. The van der Waals surface area contributed by atoms with Crippen LogP contribution in [-0.4, -0.2) is 46.1 Å². The Morgan fingerprint density at radius 1 is 1.31 bits per heavy atom. The second kappa shape index (κ2) is 7.24. The van der Waals surface area contributed by atoms with Crippen LogP contribution in [-0.2, 0) is 23.9 Å². The van der Waals surface area contributed by atoms with E-state index in [1.807, 2.05) is 20.8 Å². The van der Waals surface area contributed by atoms with E-state index in [0.717, 1.165) is 5.57 Å². The predicted molar refractivity (Wildman–Crippen MR) is 95.4 cm³/mol. The second-order valence-corrected chi connectivity index (χ2v) is 8.31. The quantitative estimate of drug-likeness (QED) is 0.609. The Balaban J connectivity index is 2.35. The maximum atomic E-state index is 12.7. The molecule has 2 aliphatic rings. The van der Waals surface area contributed by atoms with Gasteiger partial charge in [-0.15, -0.1) is 0 Å². The van der Waals surface area contributed by atoms with E-state index in [1.54, 1.807) is 19.9 Å². The lowest BCUT2D eigenvalue weighted by atomic mass is 9.78. The van der Waals surface area contributed by atoms with Gasteiger partial charge in [-0.3, -0.25) is 9.59 Å². The molecule has 146 valence electrons. The van der Waals surface area contributed by atoms with Crippen molar-refractivity contribution in [3.8, 4) is 0 Å². The lowest BCUT2D eigenvalue weighted by Gasteiger charge is -2.35. The average Bonchev–Trinajstić information content (AvgIpc) is 3.15. The molecule has 0 radical (unpaired) electrons. The molecule has 2 unspecified atom stereocenters. The van der Waals surface area contributed by atoms with E-state index >= 15 is 0 Å². The van der Waals surface area contributed by atoms with E-state index in [-0.39, 0.29) is 30.6 Å². The monoisotopic (exact) mass is 366 g/mol. The molecule has 0 bridgehead atoms. The smallest absolute Gasteiger partial charge is 0.341 e. The van der Waals surface area contributed by atoms with Crippen molar-refractivity contribution in [1.82, 2.24) is 0 Å². The standard InChI is InChI=1S/C20H30O6/c1-11(2)14-10-17(25-18(23)20(6)13(4)26-20)19(5,24)16(22)8-7-12(3)9-15(14)21/h9,11,13-14,17,24H,7-8,10H2,1-6H3/b12-9+/t13?,14-,17-,19-,20?/m1/s1. The number of hydrogen-bond acceptors (Lipinski definition) is 6. The van der Waals surface area contributed by atoms with Gasteiger partial charge in [0.25, 0.3) is 0 Å². The number of allylic oxidation sites excluding steroid dienone is 2. The molecular weight excluding hydrogens is 336 g/mol. The zero-order valence-electron chi connectivity index (χ0n) is 16.5. The van der Waals surface area contributed by atoms with Crippen LogP contribution in [0.2, 0.25) is 0 Å². The first-order valence-electron chi connectivity index (χ1n) is 9.25. The van der Waals surface area contributed by atoms with Crippen LogP contribution < -0.4 is 0 Å². The highest BCUT2D eigenvalue weighted by Crippen LogP contribution is 2.39. The topological polar surface area (TPSA) is 93.2 Å². The molecule has 6 nitrogen and oxygen atoms in total. The zero-order chi connectivity index (χ0) is 19.9. The van der Waals surface area contributed by atoms with Crippen LogP contribution >= 0.6 is 0 Å². The van der Waals surface area contributed by atoms with Crippen LogP contribution in [0.4, 0.5) is 0 Å². The third-order valence-corrected chi connectivity index (χ3v) is 5.76. The van der Waals surface area contributed by atoms with Crippen molar-refractivity contribution < 1.29 is 29.0 Å². The fraction of sp³-hybridized carbons (Fsp3) is 0.750. The first kappa shape index (κ1) is 20.8. The van der Waals surface area contributed by atoms with Crippen LogP contribution in [0, 0.1) is 11.8 Å². The fourth-order valence-corrected chi connectivity index (χ4v) is 3.30. The minimum Gasteiger partial charge on any atom is -0.457 e. The zero-order valence-corrected chi connectivity index (χ0v) is 16.5. The molecule has 1 N–H and O–H groups in total. The molecule has 1 aliphatic heterocycles. The van der Waals surface area contributed by atoms with Crippen molar-refractivity contribution >= 4 is 17.5 Å². The summed E-state index contributed by atoms with van der Waals surface area (Å²) < 4.78 is 10.8. The summed E-state index contributed by atoms with van der Waals surface area (Å²) in [4.78, 5) is 37.8. The summed E-state index contributed by atoms with van der Waals surface area (Å²) in [6, 6.07) is 0. The van der Waals surface area contributed by atoms with Gasteiger partial charge in [0, 0.05) is 12.3 Å². The molecule has 0 aromatic rings. The van der Waals surface area contributed by atoms with Crippen LogP contribution in [0.15, 0.2) is 11.6 Å². The van der Waals surface area contributed by atoms with Crippen molar-refractivity contribution in [1.29, 1.82) is 0 Å². The maximum absolute atomic E-state index is 12.7. The Labute approximate surface area is 154 Å². The van der Waals surface area contributed by atoms with E-state index in [9.17, 15) is 19.5 Å². The van der Waals surface area contributed by atoms with E-state index in [2.05, 4.69) is 0 Å². The summed E-state index contributed by atoms with van der Waals surface area (Å²) in [6.45, 7) is 10.4. The van der Waals surface area contributed by atoms with E-state index in [1.165, 1.54) is 6.92 Å². The van der Waals surface area contributed by atoms with Crippen molar-refractivity contribution in [3.05, 3.63) is 11.6 Å². The van der Waals surface area contributed by atoms with Crippen LogP contribution in [0.5, 0.6) is 0 Å². The number of epoxide rings is 1. The van der Waals surface area contributed by atoms with E-state index < -0.39 is 35.0 Å². The number of esters is 1. The predicted octanol–water partition coefficient (Wildman–Crippen LogP) is 2.37. The Morgan fingerprint density at radius 2 is 1.88 bits per heavy atom. The van der Waals surface area contributed by atoms with Gasteiger partial charge in [0.05, 0.1) is 6.10 Å². The number of ketones is 2. The van der Waals surface area contributed by atoms with Crippen LogP contribution in [0.1, 0.15) is 60.8 Å². The van der Waals surface area contributed by atoms with Crippen molar-refractivity contribution in [2.45, 2.75) is 84.2 Å². The van der Waals surface area contributed by atoms with Gasteiger partial charge in [0.15, 0.2) is 22.8 Å². The molecule has 0 aromatic carbocycles. The highest BCUT2D eigenvalue weighted by atomic mass is 16.7. The number of Topliss-reactive ketones (excluding diaryl/α,β-unsaturated/α-hetero) is 1. The average molecular weight is 366 g/mol. The Bertz CT molecular complexity index is 632. The van der Waals surface area contributed by atoms with Crippen molar-refractivity contribution in [2.24, 2.45) is 11.8 Å². The summed E-state index contributed by atoms with van der Waals surface area (Å²) >= 11 is 0. The Kier molecular flexibility index (Phi) is 5.78. The van der Waals surface area contributed by atoms with Crippen LogP contribution in [0.25, 0.3) is 0 Å². The van der Waals surface area contributed by atoms with E-state index in [0.29, 0.717) is 6.42 Å². The SMILES string of the molecule is C/C1=C\C(=O)[C@@H](C(C)C)C[C@@H](OC(=O)C2(C)OC2C)[C@](C)(O)C(=O)CC1. The number of ether oxygens (including phenoxy) is 2. The minimum absolute atomic E-state index is 0.0234.